The molecule has 2 aromatic heterocycles. The second kappa shape index (κ2) is 7.38. The van der Waals surface area contributed by atoms with Gasteiger partial charge in [-0.15, -0.1) is 0 Å². The van der Waals surface area contributed by atoms with E-state index in [9.17, 15) is 22.4 Å². The number of rotatable bonds is 5. The molecule has 134 valence electrons. The fraction of sp³-hybridized carbons (Fsp3) is 0.111. The Bertz CT molecular complexity index is 960. The summed E-state index contributed by atoms with van der Waals surface area (Å²) in [5, 5.41) is 2.33. The molecule has 0 aliphatic carbocycles. The Morgan fingerprint density at radius 2 is 1.50 bits per heavy atom. The second-order valence-corrected chi connectivity index (χ2v) is 5.53. The molecule has 0 atom stereocenters. The molecule has 4 nitrogen and oxygen atoms in total. The molecule has 8 heteroatoms. The Hall–Kier alpha value is -3.16. The molecule has 1 aromatic carbocycles. The lowest BCUT2D eigenvalue weighted by atomic mass is 10.1. The summed E-state index contributed by atoms with van der Waals surface area (Å²) in [4.78, 5) is 14.2. The summed E-state index contributed by atoms with van der Waals surface area (Å²) in [5.41, 5.74) is 0.437. The summed E-state index contributed by atoms with van der Waals surface area (Å²) in [6.45, 7) is 0.319. The van der Waals surface area contributed by atoms with Crippen molar-refractivity contribution in [3.63, 3.8) is 0 Å². The first-order valence-electron chi connectivity index (χ1n) is 7.63. The standard InChI is InChI=1S/C18H13F4N3O/c19-14-16(15(20)18(22)24-17(14)21)23-9-11-4-6-12(7-5-11)10-25-8-2-1-3-13(25)26/h1-8H,9-10H2,(H,23,24). The first kappa shape index (κ1) is 17.7. The van der Waals surface area contributed by atoms with Crippen LogP contribution in [0.3, 0.4) is 0 Å². The van der Waals surface area contributed by atoms with Gasteiger partial charge in [0.25, 0.3) is 17.5 Å². The molecule has 0 amide bonds. The average Bonchev–Trinajstić information content (AvgIpc) is 2.63. The second-order valence-electron chi connectivity index (χ2n) is 5.53. The molecular formula is C18H13F4N3O. The van der Waals surface area contributed by atoms with Crippen LogP contribution < -0.4 is 10.9 Å². The van der Waals surface area contributed by atoms with E-state index in [1.165, 1.54) is 10.6 Å². The van der Waals surface area contributed by atoms with Crippen LogP contribution in [0.2, 0.25) is 0 Å². The van der Waals surface area contributed by atoms with Crippen molar-refractivity contribution in [1.29, 1.82) is 0 Å². The molecule has 3 aromatic rings. The number of anilines is 1. The van der Waals surface area contributed by atoms with Crippen LogP contribution in [0.1, 0.15) is 11.1 Å². The van der Waals surface area contributed by atoms with E-state index in [0.717, 1.165) is 5.56 Å². The van der Waals surface area contributed by atoms with E-state index in [1.54, 1.807) is 42.6 Å². The maximum absolute atomic E-state index is 13.6. The molecule has 1 N–H and O–H groups in total. The Morgan fingerprint density at radius 3 is 2.12 bits per heavy atom. The lowest BCUT2D eigenvalue weighted by molar-refractivity contribution is 0.410. The van der Waals surface area contributed by atoms with Crippen LogP contribution in [0, 0.1) is 23.5 Å². The van der Waals surface area contributed by atoms with E-state index >= 15 is 0 Å². The van der Waals surface area contributed by atoms with Crippen molar-refractivity contribution < 1.29 is 17.6 Å². The Balaban J connectivity index is 1.71. The van der Waals surface area contributed by atoms with Crippen molar-refractivity contribution in [2.45, 2.75) is 13.1 Å². The molecule has 0 bridgehead atoms. The van der Waals surface area contributed by atoms with E-state index in [4.69, 9.17) is 0 Å². The predicted octanol–water partition coefficient (Wildman–Crippen LogP) is 3.46. The van der Waals surface area contributed by atoms with Gasteiger partial charge in [-0.25, -0.2) is 0 Å². The number of pyridine rings is 2. The highest BCUT2D eigenvalue weighted by molar-refractivity contribution is 5.46. The summed E-state index contributed by atoms with van der Waals surface area (Å²) in [6.07, 6.45) is 1.66. The molecule has 0 spiro atoms. The van der Waals surface area contributed by atoms with Crippen molar-refractivity contribution >= 4 is 5.69 Å². The van der Waals surface area contributed by atoms with Crippen LogP contribution in [0.25, 0.3) is 0 Å². The SMILES string of the molecule is O=c1ccccn1Cc1ccc(CNc2c(F)c(F)nc(F)c2F)cc1. The number of aromatic nitrogens is 2. The molecule has 0 saturated heterocycles. The first-order chi connectivity index (χ1) is 12.5. The van der Waals surface area contributed by atoms with Gasteiger partial charge in [0.05, 0.1) is 6.54 Å². The summed E-state index contributed by atoms with van der Waals surface area (Å²) >= 11 is 0. The molecule has 0 saturated carbocycles. The highest BCUT2D eigenvalue weighted by atomic mass is 19.2. The van der Waals surface area contributed by atoms with Crippen molar-refractivity contribution in [3.8, 4) is 0 Å². The normalized spacial score (nSPS) is 10.8. The van der Waals surface area contributed by atoms with Crippen molar-refractivity contribution in [2.24, 2.45) is 0 Å². The van der Waals surface area contributed by atoms with E-state index in [1.807, 2.05) is 0 Å². The van der Waals surface area contributed by atoms with Crippen molar-refractivity contribution in [3.05, 3.63) is 93.7 Å². The van der Waals surface area contributed by atoms with Gasteiger partial charge in [0, 0.05) is 18.8 Å². The lowest BCUT2D eigenvalue weighted by Crippen LogP contribution is -2.18. The van der Waals surface area contributed by atoms with Gasteiger partial charge in [0.1, 0.15) is 5.69 Å². The number of benzene rings is 1. The van der Waals surface area contributed by atoms with Gasteiger partial charge in [0.15, 0.2) is 0 Å². The average molecular weight is 363 g/mol. The monoisotopic (exact) mass is 363 g/mol. The molecule has 0 unspecified atom stereocenters. The van der Waals surface area contributed by atoms with Gasteiger partial charge in [0.2, 0.25) is 11.6 Å². The van der Waals surface area contributed by atoms with Crippen LogP contribution >= 0.6 is 0 Å². The highest BCUT2D eigenvalue weighted by Crippen LogP contribution is 2.22. The minimum atomic E-state index is -1.71. The van der Waals surface area contributed by atoms with Gasteiger partial charge < -0.3 is 9.88 Å². The fourth-order valence-electron chi connectivity index (χ4n) is 2.38. The third-order valence-electron chi connectivity index (χ3n) is 3.74. The third kappa shape index (κ3) is 3.74. The van der Waals surface area contributed by atoms with Gasteiger partial charge >= 0.3 is 0 Å². The number of halogens is 4. The van der Waals surface area contributed by atoms with Gasteiger partial charge in [-0.2, -0.15) is 22.5 Å². The summed E-state index contributed by atoms with van der Waals surface area (Å²) in [7, 11) is 0. The minimum absolute atomic E-state index is 0.0533. The molecule has 0 radical (unpaired) electrons. The summed E-state index contributed by atoms with van der Waals surface area (Å²) in [6, 6.07) is 11.7. The van der Waals surface area contributed by atoms with Crippen LogP contribution in [0.4, 0.5) is 23.2 Å². The van der Waals surface area contributed by atoms with Crippen molar-refractivity contribution in [1.82, 2.24) is 9.55 Å². The zero-order valence-electron chi connectivity index (χ0n) is 13.3. The molecule has 0 aliphatic heterocycles. The van der Waals surface area contributed by atoms with Gasteiger partial charge in [-0.05, 0) is 17.2 Å². The Labute approximate surface area is 145 Å². The third-order valence-corrected chi connectivity index (χ3v) is 3.74. The van der Waals surface area contributed by atoms with Gasteiger partial charge in [-0.1, -0.05) is 30.3 Å². The van der Waals surface area contributed by atoms with Crippen LogP contribution in [-0.4, -0.2) is 9.55 Å². The van der Waals surface area contributed by atoms with Crippen LogP contribution in [0.5, 0.6) is 0 Å². The highest BCUT2D eigenvalue weighted by Gasteiger charge is 2.20. The number of nitrogens with one attached hydrogen (secondary N) is 1. The van der Waals surface area contributed by atoms with E-state index in [2.05, 4.69) is 10.3 Å². The number of hydrogen-bond acceptors (Lipinski definition) is 3. The topological polar surface area (TPSA) is 46.9 Å². The quantitative estimate of drug-likeness (QED) is 0.558. The zero-order chi connectivity index (χ0) is 18.7. The molecule has 0 aliphatic rings. The molecule has 0 fully saturated rings. The number of hydrogen-bond donors (Lipinski definition) is 1. The molecule has 26 heavy (non-hydrogen) atoms. The largest absolute Gasteiger partial charge is 0.376 e. The van der Waals surface area contributed by atoms with E-state index in [-0.39, 0.29) is 12.1 Å². The lowest BCUT2D eigenvalue weighted by Gasteiger charge is -2.10. The summed E-state index contributed by atoms with van der Waals surface area (Å²) < 4.78 is 54.8. The Kier molecular flexibility index (Phi) is 5.01. The summed E-state index contributed by atoms with van der Waals surface area (Å²) in [5.74, 6) is -6.59. The zero-order valence-corrected chi connectivity index (χ0v) is 13.3. The van der Waals surface area contributed by atoms with Gasteiger partial charge in [-0.3, -0.25) is 4.79 Å². The van der Waals surface area contributed by atoms with Crippen LogP contribution in [0.15, 0.2) is 53.5 Å². The first-order valence-corrected chi connectivity index (χ1v) is 7.63. The Morgan fingerprint density at radius 1 is 0.885 bits per heavy atom. The van der Waals surface area contributed by atoms with Crippen molar-refractivity contribution in [2.75, 3.05) is 5.32 Å². The van der Waals surface area contributed by atoms with E-state index < -0.39 is 29.2 Å². The maximum Gasteiger partial charge on any atom is 0.253 e. The maximum atomic E-state index is 13.6. The van der Waals surface area contributed by atoms with Crippen LogP contribution in [-0.2, 0) is 13.1 Å². The van der Waals surface area contributed by atoms with E-state index in [0.29, 0.717) is 12.1 Å². The molecule has 2 heterocycles. The number of nitrogens with zero attached hydrogens (tertiary/aromatic N) is 2. The fourth-order valence-corrected chi connectivity index (χ4v) is 2.38. The predicted molar refractivity (Wildman–Crippen MR) is 87.6 cm³/mol. The molecular weight excluding hydrogens is 350 g/mol. The minimum Gasteiger partial charge on any atom is -0.376 e. The smallest absolute Gasteiger partial charge is 0.253 e. The molecule has 3 rings (SSSR count).